The van der Waals surface area contributed by atoms with E-state index in [4.69, 9.17) is 35.2 Å². The van der Waals surface area contributed by atoms with Crippen molar-refractivity contribution in [2.45, 2.75) is 81.9 Å². The van der Waals surface area contributed by atoms with Crippen LogP contribution in [0.4, 0.5) is 14.9 Å². The maximum absolute atomic E-state index is 15.4. The van der Waals surface area contributed by atoms with Gasteiger partial charge in [-0.1, -0.05) is 60.7 Å². The number of halogens is 2. The van der Waals surface area contributed by atoms with Crippen molar-refractivity contribution in [1.29, 1.82) is 0 Å². The number of rotatable bonds is 18. The lowest BCUT2D eigenvalue weighted by molar-refractivity contribution is -0.181. The van der Waals surface area contributed by atoms with Crippen LogP contribution in [0.25, 0.3) is 0 Å². The number of anilines is 1. The van der Waals surface area contributed by atoms with Gasteiger partial charge in [-0.2, -0.15) is 0 Å². The fourth-order valence-corrected chi connectivity index (χ4v) is 6.20. The molecule has 0 spiro atoms. The van der Waals surface area contributed by atoms with E-state index in [9.17, 15) is 24.0 Å². The number of carbonyl (C=O) groups excluding carboxylic acids is 5. The lowest BCUT2D eigenvalue weighted by Gasteiger charge is -2.39. The number of unbranched alkanes of at least 4 members (excludes halogenated alkanes) is 1. The van der Waals surface area contributed by atoms with Gasteiger partial charge in [0.2, 0.25) is 5.54 Å². The van der Waals surface area contributed by atoms with E-state index in [-0.39, 0.29) is 94.5 Å². The summed E-state index contributed by atoms with van der Waals surface area (Å²) in [5.74, 6) is -3.80. The molecule has 2 heterocycles. The van der Waals surface area contributed by atoms with Gasteiger partial charge in [0.05, 0.1) is 12.2 Å². The molecule has 56 heavy (non-hydrogen) atoms. The number of nitrogens with two attached hydrogens (primary N) is 2. The summed E-state index contributed by atoms with van der Waals surface area (Å²) in [5, 5.41) is 3.19. The molecule has 302 valence electrons. The molecule has 3 aromatic carbocycles. The van der Waals surface area contributed by atoms with Gasteiger partial charge in [0, 0.05) is 25.3 Å². The van der Waals surface area contributed by atoms with Crippen molar-refractivity contribution >= 4 is 47.9 Å². The summed E-state index contributed by atoms with van der Waals surface area (Å²) in [7, 11) is 0. The van der Waals surface area contributed by atoms with Crippen molar-refractivity contribution < 1.29 is 52.0 Å². The number of nitrogens with zero attached hydrogens (tertiary/aromatic N) is 1. The highest BCUT2D eigenvalue weighted by Gasteiger charge is 2.49. The first-order valence-corrected chi connectivity index (χ1v) is 18.2. The van der Waals surface area contributed by atoms with Crippen LogP contribution in [0.1, 0.15) is 56.6 Å². The molecule has 2 aliphatic rings. The second kappa shape index (κ2) is 20.2. The molecule has 5 N–H and O–H groups in total. The van der Waals surface area contributed by atoms with E-state index in [1.54, 1.807) is 24.3 Å². The average molecular weight is 799 g/mol. The summed E-state index contributed by atoms with van der Waals surface area (Å²) in [6, 6.07) is 21.0. The summed E-state index contributed by atoms with van der Waals surface area (Å²) < 4.78 is 43.5. The number of ketones is 1. The Morgan fingerprint density at radius 1 is 0.946 bits per heavy atom. The topological polar surface area (TPSA) is 199 Å². The van der Waals surface area contributed by atoms with Crippen molar-refractivity contribution in [3.63, 3.8) is 0 Å². The summed E-state index contributed by atoms with van der Waals surface area (Å²) in [4.78, 5) is 65.4. The number of hydrogen-bond acceptors (Lipinski definition) is 13. The van der Waals surface area contributed by atoms with Gasteiger partial charge in [-0.3, -0.25) is 14.5 Å². The van der Waals surface area contributed by atoms with Crippen LogP contribution in [0.15, 0.2) is 78.9 Å². The van der Waals surface area contributed by atoms with Crippen LogP contribution in [-0.2, 0) is 51.3 Å². The highest BCUT2D eigenvalue weighted by atomic mass is 35.5. The molecule has 0 radical (unpaired) electrons. The van der Waals surface area contributed by atoms with Gasteiger partial charge >= 0.3 is 24.0 Å². The Morgan fingerprint density at radius 2 is 1.57 bits per heavy atom. The molecular formula is C40H48ClFN4O10. The van der Waals surface area contributed by atoms with Crippen molar-refractivity contribution in [2.24, 2.45) is 11.5 Å². The third-order valence-corrected chi connectivity index (χ3v) is 9.63. The molecule has 2 fully saturated rings. The van der Waals surface area contributed by atoms with E-state index in [0.717, 1.165) is 11.6 Å². The highest BCUT2D eigenvalue weighted by Crippen LogP contribution is 2.32. The summed E-state index contributed by atoms with van der Waals surface area (Å²) >= 11 is 0. The Hall–Kier alpha value is -5.09. The van der Waals surface area contributed by atoms with E-state index in [1.807, 2.05) is 36.4 Å². The third kappa shape index (κ3) is 11.5. The van der Waals surface area contributed by atoms with E-state index < -0.39 is 53.1 Å². The molecule has 0 aromatic heterocycles. The van der Waals surface area contributed by atoms with E-state index in [0.29, 0.717) is 18.7 Å². The first-order chi connectivity index (χ1) is 26.4. The number of ether oxygens (including phenoxy) is 5. The van der Waals surface area contributed by atoms with Gasteiger partial charge in [-0.15, -0.1) is 12.4 Å². The number of esters is 3. The van der Waals surface area contributed by atoms with Crippen molar-refractivity contribution in [3.8, 4) is 5.75 Å². The zero-order valence-corrected chi connectivity index (χ0v) is 31.9. The maximum atomic E-state index is 15.4. The lowest BCUT2D eigenvalue weighted by atomic mass is 9.90. The van der Waals surface area contributed by atoms with Crippen LogP contribution in [0.5, 0.6) is 5.75 Å². The number of nitrogens with one attached hydrogen (secondary N) is 1. The molecule has 0 bridgehead atoms. The monoisotopic (exact) mass is 798 g/mol. The van der Waals surface area contributed by atoms with Gasteiger partial charge in [0.15, 0.2) is 11.6 Å². The third-order valence-electron chi connectivity index (χ3n) is 9.63. The summed E-state index contributed by atoms with van der Waals surface area (Å²) in [6.07, 6.45) is -0.809. The average Bonchev–Trinajstić information content (AvgIpc) is 3.59. The quantitative estimate of drug-likeness (QED) is 0.0714. The Morgan fingerprint density at radius 3 is 2.18 bits per heavy atom. The molecular weight excluding hydrogens is 751 g/mol. The smallest absolute Gasteiger partial charge is 0.414 e. The molecule has 5 rings (SSSR count). The fourth-order valence-electron chi connectivity index (χ4n) is 6.20. The number of cyclic esters (lactones) is 1. The first kappa shape index (κ1) is 43.6. The molecule has 3 atom stereocenters. The van der Waals surface area contributed by atoms with E-state index in [2.05, 4.69) is 5.32 Å². The molecule has 16 heteroatoms. The normalized spacial score (nSPS) is 17.7. The standard InChI is InChI=1S/C40H47FN4O10.ClH/c1-27(46)35(42)33-23-45(38(50)54-33)30-15-16-32(31(41)22-30)53-26-39(18-20-44-21-19-39)55-37(49)40(43,36(48)52-25-29-12-6-3-7-13-29)17-9-8-14-34(47)51-24-28-10-4-2-5-11-28;/h2-7,10-13,15-16,22,33,35,44H,8-9,14,17-21,23-26,42-43H2,1H3;1H/t33-,35?,40?;/m0./s1. The van der Waals surface area contributed by atoms with Crippen molar-refractivity contribution in [2.75, 3.05) is 31.1 Å². The van der Waals surface area contributed by atoms with E-state index in [1.165, 1.54) is 24.0 Å². The van der Waals surface area contributed by atoms with Crippen LogP contribution < -0.4 is 26.4 Å². The van der Waals surface area contributed by atoms with Crippen LogP contribution >= 0.6 is 12.4 Å². The highest BCUT2D eigenvalue weighted by molar-refractivity contribution is 6.04. The van der Waals surface area contributed by atoms with Gasteiger partial charge in [0.25, 0.3) is 0 Å². The maximum Gasteiger partial charge on any atom is 0.414 e. The molecule has 0 aliphatic carbocycles. The number of hydrogen-bond donors (Lipinski definition) is 3. The predicted molar refractivity (Wildman–Crippen MR) is 204 cm³/mol. The molecule has 2 unspecified atom stereocenters. The van der Waals surface area contributed by atoms with Crippen LogP contribution in [0.2, 0.25) is 0 Å². The summed E-state index contributed by atoms with van der Waals surface area (Å²) in [5.41, 5.74) is 10.6. The first-order valence-electron chi connectivity index (χ1n) is 18.2. The molecule has 0 saturated carbocycles. The van der Waals surface area contributed by atoms with Gasteiger partial charge < -0.3 is 40.5 Å². The van der Waals surface area contributed by atoms with Gasteiger partial charge in [-0.25, -0.2) is 18.8 Å². The van der Waals surface area contributed by atoms with Crippen LogP contribution in [0.3, 0.4) is 0 Å². The molecule has 2 saturated heterocycles. The summed E-state index contributed by atoms with van der Waals surface area (Å²) in [6.45, 7) is 1.82. The Bertz CT molecular complexity index is 1820. The number of amides is 1. The molecule has 2 aliphatic heterocycles. The predicted octanol–water partition coefficient (Wildman–Crippen LogP) is 4.28. The van der Waals surface area contributed by atoms with Crippen molar-refractivity contribution in [3.05, 3.63) is 95.8 Å². The Labute approximate surface area is 330 Å². The van der Waals surface area contributed by atoms with Gasteiger partial charge in [0.1, 0.15) is 43.4 Å². The number of carbonyl (C=O) groups is 5. The molecule has 1 amide bonds. The Kier molecular flexibility index (Phi) is 15.7. The Balaban J connectivity index is 0.00000696. The second-order valence-electron chi connectivity index (χ2n) is 13.8. The fraction of sp³-hybridized carbons (Fsp3) is 0.425. The van der Waals surface area contributed by atoms with Gasteiger partial charge in [-0.05, 0) is 62.5 Å². The molecule has 3 aromatic rings. The lowest BCUT2D eigenvalue weighted by Crippen LogP contribution is -2.60. The minimum Gasteiger partial charge on any atom is -0.486 e. The van der Waals surface area contributed by atoms with Crippen molar-refractivity contribution in [1.82, 2.24) is 5.32 Å². The number of Topliss-reactive ketones (excluding diaryl/α,β-unsaturated/α-hetero) is 1. The minimum absolute atomic E-state index is 0. The zero-order valence-electron chi connectivity index (χ0n) is 31.1. The SMILES string of the molecule is CC(=O)C(N)[C@@H]1CN(c2ccc(OCC3(OC(=O)C(N)(CCCCC(=O)OCc4ccccc4)C(=O)OCc4ccccc4)CCNCC3)c(F)c2)C(=O)O1.Cl. The second-order valence-corrected chi connectivity index (χ2v) is 13.8. The largest absolute Gasteiger partial charge is 0.486 e. The number of benzene rings is 3. The zero-order chi connectivity index (χ0) is 39.4. The van der Waals surface area contributed by atoms with E-state index >= 15 is 4.39 Å². The van der Waals surface area contributed by atoms with Crippen LogP contribution in [-0.4, -0.2) is 79.3 Å². The van der Waals surface area contributed by atoms with Crippen LogP contribution in [0, 0.1) is 5.82 Å². The minimum atomic E-state index is -2.24. The number of piperidine rings is 1. The molecule has 14 nitrogen and oxygen atoms in total.